The molecule has 28 heavy (non-hydrogen) atoms. The van der Waals surface area contributed by atoms with Crippen molar-refractivity contribution in [2.24, 2.45) is 0 Å². The summed E-state index contributed by atoms with van der Waals surface area (Å²) in [5.74, 6) is -0.0107. The highest BCUT2D eigenvalue weighted by Crippen LogP contribution is 2.24. The summed E-state index contributed by atoms with van der Waals surface area (Å²) in [6.45, 7) is 4.10. The number of benzene rings is 1. The summed E-state index contributed by atoms with van der Waals surface area (Å²) in [5.41, 5.74) is 4.74. The van der Waals surface area contributed by atoms with Crippen LogP contribution in [-0.4, -0.2) is 38.3 Å². The molecule has 6 heteroatoms. The zero-order chi connectivity index (χ0) is 19.7. The fourth-order valence-corrected chi connectivity index (χ4v) is 4.06. The highest BCUT2D eigenvalue weighted by molar-refractivity contribution is 7.15. The normalized spacial score (nSPS) is 12.2. The van der Waals surface area contributed by atoms with Crippen molar-refractivity contribution < 1.29 is 4.79 Å². The van der Waals surface area contributed by atoms with Crippen molar-refractivity contribution >= 4 is 22.2 Å². The lowest BCUT2D eigenvalue weighted by molar-refractivity contribution is 0.0736. The van der Waals surface area contributed by atoms with Crippen molar-refractivity contribution in [1.82, 2.24) is 19.3 Å². The van der Waals surface area contributed by atoms with Crippen LogP contribution >= 0.6 is 11.3 Å². The molecule has 1 amide bonds. The molecule has 3 aromatic heterocycles. The number of likely N-dealkylation sites (N-methyl/N-ethyl adjacent to an activating group) is 1. The smallest absolute Gasteiger partial charge is 0.271 e. The van der Waals surface area contributed by atoms with Gasteiger partial charge >= 0.3 is 0 Å². The van der Waals surface area contributed by atoms with Gasteiger partial charge in [0.05, 0.1) is 5.69 Å². The molecule has 3 heterocycles. The predicted molar refractivity (Wildman–Crippen MR) is 113 cm³/mol. The van der Waals surface area contributed by atoms with E-state index in [9.17, 15) is 4.79 Å². The fraction of sp³-hybridized carbons (Fsp3) is 0.227. The van der Waals surface area contributed by atoms with Gasteiger partial charge in [0.15, 0.2) is 4.96 Å². The topological polar surface area (TPSA) is 50.5 Å². The molecule has 0 bridgehead atoms. The van der Waals surface area contributed by atoms with Crippen LogP contribution in [0.2, 0.25) is 0 Å². The standard InChI is InChI=1S/C22H22N4OS/c1-15-9-10-23-18(11-15)12-16(2)25(3)21(27)20-14-28-22-24-19(13-26(20)22)17-7-5-4-6-8-17/h4-11,13-14,16H,12H2,1-3H3/t16-/m1/s1. The average molecular weight is 391 g/mol. The van der Waals surface area contributed by atoms with Crippen LogP contribution in [0.3, 0.4) is 0 Å². The summed E-state index contributed by atoms with van der Waals surface area (Å²) >= 11 is 1.48. The fourth-order valence-electron chi connectivity index (χ4n) is 3.22. The van der Waals surface area contributed by atoms with Crippen LogP contribution < -0.4 is 0 Å². The maximum Gasteiger partial charge on any atom is 0.271 e. The Labute approximate surface area is 168 Å². The maximum absolute atomic E-state index is 13.1. The van der Waals surface area contributed by atoms with Crippen molar-refractivity contribution in [2.75, 3.05) is 7.05 Å². The molecule has 4 aromatic rings. The van der Waals surface area contributed by atoms with E-state index < -0.39 is 0 Å². The van der Waals surface area contributed by atoms with Crippen molar-refractivity contribution in [3.05, 3.63) is 77.2 Å². The van der Waals surface area contributed by atoms with Crippen LogP contribution in [0.5, 0.6) is 0 Å². The van der Waals surface area contributed by atoms with E-state index in [2.05, 4.69) is 29.9 Å². The number of nitrogens with zero attached hydrogens (tertiary/aromatic N) is 4. The van der Waals surface area contributed by atoms with Gasteiger partial charge in [0, 0.05) is 48.5 Å². The Morgan fingerprint density at radius 1 is 1.25 bits per heavy atom. The van der Waals surface area contributed by atoms with Gasteiger partial charge in [-0.2, -0.15) is 0 Å². The van der Waals surface area contributed by atoms with Crippen LogP contribution in [0.1, 0.15) is 28.7 Å². The van der Waals surface area contributed by atoms with Crippen LogP contribution in [0.25, 0.3) is 16.2 Å². The van der Waals surface area contributed by atoms with Crippen LogP contribution in [-0.2, 0) is 6.42 Å². The first-order valence-corrected chi connectivity index (χ1v) is 10.1. The average Bonchev–Trinajstić information content (AvgIpc) is 3.28. The number of imidazole rings is 1. The molecule has 1 aromatic carbocycles. The molecule has 0 spiro atoms. The monoisotopic (exact) mass is 390 g/mol. The Morgan fingerprint density at radius 3 is 2.79 bits per heavy atom. The Bertz CT molecular complexity index is 1120. The summed E-state index contributed by atoms with van der Waals surface area (Å²) in [6.07, 6.45) is 4.48. The highest BCUT2D eigenvalue weighted by Gasteiger charge is 2.22. The number of rotatable bonds is 5. The van der Waals surface area contributed by atoms with E-state index in [0.717, 1.165) is 28.3 Å². The number of fused-ring (bicyclic) bond motifs is 1. The lowest BCUT2D eigenvalue weighted by atomic mass is 10.1. The van der Waals surface area contributed by atoms with E-state index in [-0.39, 0.29) is 11.9 Å². The molecule has 0 aliphatic rings. The quantitative estimate of drug-likeness (QED) is 0.505. The van der Waals surface area contributed by atoms with Crippen molar-refractivity contribution in [1.29, 1.82) is 0 Å². The van der Waals surface area contributed by atoms with E-state index >= 15 is 0 Å². The molecule has 0 unspecified atom stereocenters. The third kappa shape index (κ3) is 3.55. The lowest BCUT2D eigenvalue weighted by Gasteiger charge is -2.24. The van der Waals surface area contributed by atoms with Gasteiger partial charge in [-0.15, -0.1) is 11.3 Å². The van der Waals surface area contributed by atoms with Crippen LogP contribution in [0, 0.1) is 6.92 Å². The maximum atomic E-state index is 13.1. The van der Waals surface area contributed by atoms with Gasteiger partial charge in [-0.3, -0.25) is 14.2 Å². The van der Waals surface area contributed by atoms with Crippen molar-refractivity contribution in [3.8, 4) is 11.3 Å². The predicted octanol–water partition coefficient (Wildman–Crippen LogP) is 4.47. The van der Waals surface area contributed by atoms with E-state index in [1.165, 1.54) is 16.9 Å². The second kappa shape index (κ2) is 7.56. The molecule has 0 fully saturated rings. The first-order chi connectivity index (χ1) is 13.5. The molecule has 0 saturated carbocycles. The molecule has 0 saturated heterocycles. The van der Waals surface area contributed by atoms with E-state index in [0.29, 0.717) is 5.69 Å². The summed E-state index contributed by atoms with van der Waals surface area (Å²) in [7, 11) is 1.85. The van der Waals surface area contributed by atoms with Gasteiger partial charge in [-0.1, -0.05) is 30.3 Å². The van der Waals surface area contributed by atoms with Gasteiger partial charge in [0.2, 0.25) is 0 Å². The van der Waals surface area contributed by atoms with Gasteiger partial charge < -0.3 is 4.90 Å². The number of pyridine rings is 1. The Morgan fingerprint density at radius 2 is 2.04 bits per heavy atom. The minimum Gasteiger partial charge on any atom is -0.337 e. The van der Waals surface area contributed by atoms with Gasteiger partial charge in [-0.05, 0) is 31.5 Å². The molecule has 0 aliphatic carbocycles. The third-order valence-electron chi connectivity index (χ3n) is 4.96. The highest BCUT2D eigenvalue weighted by atomic mass is 32.1. The number of hydrogen-bond donors (Lipinski definition) is 0. The molecule has 0 N–H and O–H groups in total. The zero-order valence-corrected chi connectivity index (χ0v) is 17.0. The Hall–Kier alpha value is -2.99. The van der Waals surface area contributed by atoms with Crippen molar-refractivity contribution in [2.45, 2.75) is 26.3 Å². The first kappa shape index (κ1) is 18.4. The number of amides is 1. The number of carbonyl (C=O) groups excluding carboxylic acids is 1. The summed E-state index contributed by atoms with van der Waals surface area (Å²) in [4.78, 5) is 24.8. The number of thiazole rings is 1. The molecule has 142 valence electrons. The lowest BCUT2D eigenvalue weighted by Crippen LogP contribution is -2.37. The van der Waals surface area contributed by atoms with E-state index in [1.807, 2.05) is 65.6 Å². The molecule has 5 nitrogen and oxygen atoms in total. The number of hydrogen-bond acceptors (Lipinski definition) is 4. The molecule has 0 radical (unpaired) electrons. The second-order valence-electron chi connectivity index (χ2n) is 7.06. The Kier molecular flexibility index (Phi) is 4.96. The van der Waals surface area contributed by atoms with Crippen molar-refractivity contribution in [3.63, 3.8) is 0 Å². The number of carbonyl (C=O) groups is 1. The van der Waals surface area contributed by atoms with E-state index in [1.54, 1.807) is 4.90 Å². The first-order valence-electron chi connectivity index (χ1n) is 9.23. The second-order valence-corrected chi connectivity index (χ2v) is 7.90. The summed E-state index contributed by atoms with van der Waals surface area (Å²) in [5, 5.41) is 1.88. The van der Waals surface area contributed by atoms with Crippen LogP contribution in [0.4, 0.5) is 0 Å². The number of aryl methyl sites for hydroxylation is 1. The molecule has 1 atom stereocenters. The minimum absolute atomic E-state index is 0.0107. The van der Waals surface area contributed by atoms with Gasteiger partial charge in [0.1, 0.15) is 5.69 Å². The van der Waals surface area contributed by atoms with E-state index in [4.69, 9.17) is 0 Å². The third-order valence-corrected chi connectivity index (χ3v) is 5.80. The minimum atomic E-state index is -0.0107. The van der Waals surface area contributed by atoms with Gasteiger partial charge in [0.25, 0.3) is 5.91 Å². The van der Waals surface area contributed by atoms with Gasteiger partial charge in [-0.25, -0.2) is 4.98 Å². The molecule has 0 aliphatic heterocycles. The van der Waals surface area contributed by atoms with Crippen LogP contribution in [0.15, 0.2) is 60.2 Å². The SMILES string of the molecule is Cc1ccnc(C[C@@H](C)N(C)C(=O)c2csc3nc(-c4ccccc4)cn23)c1. The Balaban J connectivity index is 1.57. The summed E-state index contributed by atoms with van der Waals surface area (Å²) < 4.78 is 1.89. The molecular weight excluding hydrogens is 368 g/mol. The number of aromatic nitrogens is 3. The zero-order valence-electron chi connectivity index (χ0n) is 16.2. The molecular formula is C22H22N4OS. The summed E-state index contributed by atoms with van der Waals surface area (Å²) in [6, 6.07) is 14.1. The molecule has 4 rings (SSSR count). The largest absolute Gasteiger partial charge is 0.337 e.